The zero-order chi connectivity index (χ0) is 38.1. The number of aliphatic hydroxyl groups is 4. The molecule has 1 heterocycles. The van der Waals surface area contributed by atoms with E-state index >= 15 is 0 Å². The largest absolute Gasteiger partial charge is 0.462 e. The maximum absolute atomic E-state index is 12.7. The Bertz CT molecular complexity index is 991. The maximum Gasteiger partial charge on any atom is 0.306 e. The molecule has 10 nitrogen and oxygen atoms in total. The third-order valence-corrected chi connectivity index (χ3v) is 8.96. The van der Waals surface area contributed by atoms with Crippen LogP contribution in [0.3, 0.4) is 0 Å². The van der Waals surface area contributed by atoms with Gasteiger partial charge in [-0.05, 0) is 57.8 Å². The second-order valence-electron chi connectivity index (χ2n) is 13.7. The summed E-state index contributed by atoms with van der Waals surface area (Å²) in [7, 11) is 0. The van der Waals surface area contributed by atoms with E-state index in [4.69, 9.17) is 18.9 Å². The van der Waals surface area contributed by atoms with Gasteiger partial charge in [-0.2, -0.15) is 0 Å². The molecule has 1 rings (SSSR count). The smallest absolute Gasteiger partial charge is 0.306 e. The van der Waals surface area contributed by atoms with Crippen molar-refractivity contribution in [1.82, 2.24) is 0 Å². The van der Waals surface area contributed by atoms with E-state index in [2.05, 4.69) is 50.3 Å². The van der Waals surface area contributed by atoms with Crippen molar-refractivity contribution in [1.29, 1.82) is 0 Å². The first kappa shape index (κ1) is 47.7. The van der Waals surface area contributed by atoms with Gasteiger partial charge in [0.05, 0.1) is 13.2 Å². The zero-order valence-corrected chi connectivity index (χ0v) is 32.3. The molecular formula is C42H72O10. The number of hydrogen-bond donors (Lipinski definition) is 4. The molecule has 1 aliphatic rings. The summed E-state index contributed by atoms with van der Waals surface area (Å²) in [6, 6.07) is 0. The van der Waals surface area contributed by atoms with Crippen molar-refractivity contribution in [2.75, 3.05) is 19.8 Å². The van der Waals surface area contributed by atoms with Gasteiger partial charge in [-0.3, -0.25) is 9.59 Å². The average molecular weight is 737 g/mol. The standard InChI is InChI=1S/C42H72O10/c1-3-5-7-9-11-13-15-17-19-20-22-24-26-28-30-37(44)49-33-35(34-50-42-41(48)40(47)39(46)36(32-43)52-42)51-38(45)31-29-27-25-23-21-18-16-14-12-10-8-6-4-2/h5,7,11,13,18,21,25,27,35-36,39-43,46-48H,3-4,6,8-10,12,14-17,19-20,22-24,26,28-34H2,1-2H3/b7-5+,13-11+,21-18+,27-25+/t35?,36-,39+,40?,41?,42-/m0/s1. The second-order valence-corrected chi connectivity index (χ2v) is 13.7. The minimum atomic E-state index is -1.60. The lowest BCUT2D eigenvalue weighted by Gasteiger charge is -2.39. The van der Waals surface area contributed by atoms with Gasteiger partial charge in [0, 0.05) is 12.8 Å². The van der Waals surface area contributed by atoms with Crippen molar-refractivity contribution in [3.63, 3.8) is 0 Å². The van der Waals surface area contributed by atoms with Crippen molar-refractivity contribution in [3.05, 3.63) is 48.6 Å². The van der Waals surface area contributed by atoms with Crippen molar-refractivity contribution in [3.8, 4) is 0 Å². The highest BCUT2D eigenvalue weighted by molar-refractivity contribution is 5.70. The van der Waals surface area contributed by atoms with Gasteiger partial charge in [-0.25, -0.2) is 0 Å². The Labute approximate surface area is 314 Å². The van der Waals surface area contributed by atoms with Gasteiger partial charge in [0.1, 0.15) is 31.0 Å². The monoisotopic (exact) mass is 737 g/mol. The van der Waals surface area contributed by atoms with Gasteiger partial charge in [-0.15, -0.1) is 0 Å². The fourth-order valence-electron chi connectivity index (χ4n) is 5.75. The molecule has 300 valence electrons. The first-order valence-corrected chi connectivity index (χ1v) is 20.2. The first-order valence-electron chi connectivity index (χ1n) is 20.2. The Hall–Kier alpha value is -2.34. The van der Waals surface area contributed by atoms with Gasteiger partial charge in [0.25, 0.3) is 0 Å². The molecule has 1 fully saturated rings. The van der Waals surface area contributed by atoms with Gasteiger partial charge in [0.2, 0.25) is 0 Å². The van der Waals surface area contributed by atoms with Crippen LogP contribution < -0.4 is 0 Å². The van der Waals surface area contributed by atoms with E-state index in [1.807, 2.05) is 12.2 Å². The zero-order valence-electron chi connectivity index (χ0n) is 32.3. The van der Waals surface area contributed by atoms with Crippen LogP contribution in [-0.4, -0.2) is 89.0 Å². The summed E-state index contributed by atoms with van der Waals surface area (Å²) >= 11 is 0. The van der Waals surface area contributed by atoms with Crippen LogP contribution in [0.4, 0.5) is 0 Å². The number of carbonyl (C=O) groups excluding carboxylic acids is 2. The fraction of sp³-hybridized carbons (Fsp3) is 0.762. The lowest BCUT2D eigenvalue weighted by Crippen LogP contribution is -2.59. The highest BCUT2D eigenvalue weighted by atomic mass is 16.7. The van der Waals surface area contributed by atoms with Crippen LogP contribution in [0.1, 0.15) is 149 Å². The molecule has 6 atom stereocenters. The minimum Gasteiger partial charge on any atom is -0.462 e. The van der Waals surface area contributed by atoms with E-state index in [1.54, 1.807) is 0 Å². The first-order chi connectivity index (χ1) is 25.3. The number of ether oxygens (including phenoxy) is 4. The molecule has 3 unspecified atom stereocenters. The van der Waals surface area contributed by atoms with Crippen molar-refractivity contribution >= 4 is 11.9 Å². The third kappa shape index (κ3) is 24.8. The van der Waals surface area contributed by atoms with Crippen LogP contribution >= 0.6 is 0 Å². The molecule has 52 heavy (non-hydrogen) atoms. The molecule has 1 saturated heterocycles. The summed E-state index contributed by atoms with van der Waals surface area (Å²) in [6.07, 6.45) is 29.9. The minimum absolute atomic E-state index is 0.121. The normalized spacial score (nSPS) is 21.5. The van der Waals surface area contributed by atoms with Crippen LogP contribution in [-0.2, 0) is 28.5 Å². The predicted molar refractivity (Wildman–Crippen MR) is 205 cm³/mol. The number of rotatable bonds is 32. The highest BCUT2D eigenvalue weighted by Gasteiger charge is 2.44. The SMILES string of the molecule is CC/C=C/C/C=C/CCCCCCCCCC(=O)OCC(CO[C@H]1O[C@@H](CO)[C@@H](O)C(O)C1O)OC(=O)CC/C=C/C/C=C/CCCCCCCC. The lowest BCUT2D eigenvalue weighted by atomic mass is 9.99. The topological polar surface area (TPSA) is 152 Å². The van der Waals surface area contributed by atoms with Crippen LogP contribution in [0.15, 0.2) is 48.6 Å². The molecule has 0 radical (unpaired) electrons. The molecule has 0 aromatic carbocycles. The molecule has 10 heteroatoms. The van der Waals surface area contributed by atoms with Crippen molar-refractivity contribution in [2.24, 2.45) is 0 Å². The Kier molecular flexibility index (Phi) is 30.5. The van der Waals surface area contributed by atoms with E-state index < -0.39 is 55.4 Å². The molecule has 0 bridgehead atoms. The van der Waals surface area contributed by atoms with Gasteiger partial charge < -0.3 is 39.4 Å². The van der Waals surface area contributed by atoms with E-state index in [-0.39, 0.29) is 26.1 Å². The van der Waals surface area contributed by atoms with E-state index in [0.717, 1.165) is 51.4 Å². The highest BCUT2D eigenvalue weighted by Crippen LogP contribution is 2.22. The van der Waals surface area contributed by atoms with Gasteiger partial charge >= 0.3 is 11.9 Å². The Morgan fingerprint density at radius 3 is 1.77 bits per heavy atom. The van der Waals surface area contributed by atoms with Gasteiger partial charge in [0.15, 0.2) is 12.4 Å². The molecular weight excluding hydrogens is 664 g/mol. The predicted octanol–water partition coefficient (Wildman–Crippen LogP) is 7.71. The molecule has 0 aromatic rings. The van der Waals surface area contributed by atoms with Crippen LogP contribution in [0, 0.1) is 0 Å². The molecule has 0 amide bonds. The maximum atomic E-state index is 12.7. The molecule has 1 aliphatic heterocycles. The van der Waals surface area contributed by atoms with Crippen LogP contribution in [0.25, 0.3) is 0 Å². The van der Waals surface area contributed by atoms with Crippen molar-refractivity contribution in [2.45, 2.75) is 185 Å². The van der Waals surface area contributed by atoms with Crippen LogP contribution in [0.5, 0.6) is 0 Å². The quantitative estimate of drug-likeness (QED) is 0.0307. The second kappa shape index (κ2) is 33.2. The average Bonchev–Trinajstić information content (AvgIpc) is 3.14. The number of allylic oxidation sites excluding steroid dienone is 8. The molecule has 0 spiro atoms. The van der Waals surface area contributed by atoms with E-state index in [0.29, 0.717) is 12.8 Å². The molecule has 4 N–H and O–H groups in total. The van der Waals surface area contributed by atoms with E-state index in [1.165, 1.54) is 57.8 Å². The molecule has 0 aliphatic carbocycles. The third-order valence-electron chi connectivity index (χ3n) is 8.96. The summed E-state index contributed by atoms with van der Waals surface area (Å²) in [5.74, 6) is -0.899. The molecule has 0 aromatic heterocycles. The van der Waals surface area contributed by atoms with Crippen LogP contribution in [0.2, 0.25) is 0 Å². The number of aliphatic hydroxyl groups excluding tert-OH is 4. The Morgan fingerprint density at radius 2 is 1.17 bits per heavy atom. The summed E-state index contributed by atoms with van der Waals surface area (Å²) in [5.41, 5.74) is 0. The summed E-state index contributed by atoms with van der Waals surface area (Å²) in [6.45, 7) is 3.22. The number of carbonyl (C=O) groups is 2. The lowest BCUT2D eigenvalue weighted by molar-refractivity contribution is -0.305. The van der Waals surface area contributed by atoms with E-state index in [9.17, 15) is 30.0 Å². The number of hydrogen-bond acceptors (Lipinski definition) is 10. The number of esters is 2. The summed E-state index contributed by atoms with van der Waals surface area (Å²) in [4.78, 5) is 25.2. The number of unbranched alkanes of at least 4 members (excludes halogenated alkanes) is 13. The fourth-order valence-corrected chi connectivity index (χ4v) is 5.75. The Morgan fingerprint density at radius 1 is 0.615 bits per heavy atom. The Balaban J connectivity index is 2.42. The van der Waals surface area contributed by atoms with Crippen molar-refractivity contribution < 1.29 is 49.0 Å². The van der Waals surface area contributed by atoms with Gasteiger partial charge in [-0.1, -0.05) is 127 Å². The molecule has 0 saturated carbocycles. The summed E-state index contributed by atoms with van der Waals surface area (Å²) < 4.78 is 22.0. The summed E-state index contributed by atoms with van der Waals surface area (Å²) in [5, 5.41) is 39.9.